The molecule has 2 N–H and O–H groups in total. The molecule has 0 amide bonds. The fourth-order valence-corrected chi connectivity index (χ4v) is 5.42. The lowest BCUT2D eigenvalue weighted by Crippen LogP contribution is -2.38. The van der Waals surface area contributed by atoms with Gasteiger partial charge in [-0.15, -0.1) is 0 Å². The highest BCUT2D eigenvalue weighted by Gasteiger charge is 2.27. The van der Waals surface area contributed by atoms with E-state index in [1.807, 2.05) is 6.92 Å². The molecule has 1 saturated heterocycles. The zero-order chi connectivity index (χ0) is 28.1. The van der Waals surface area contributed by atoms with Crippen molar-refractivity contribution in [1.29, 1.82) is 0 Å². The van der Waals surface area contributed by atoms with Gasteiger partial charge in [-0.3, -0.25) is 14.4 Å². The minimum absolute atomic E-state index is 0.0666. The van der Waals surface area contributed by atoms with Gasteiger partial charge in [-0.2, -0.15) is 8.42 Å². The maximum Gasteiger partial charge on any atom is 0.294 e. The predicted octanol–water partition coefficient (Wildman–Crippen LogP) is 7.22. The van der Waals surface area contributed by atoms with Crippen LogP contribution in [0.2, 0.25) is 0 Å². The van der Waals surface area contributed by atoms with Crippen molar-refractivity contribution in [2.45, 2.75) is 121 Å². The Morgan fingerprint density at radius 2 is 1.37 bits per heavy atom. The summed E-state index contributed by atoms with van der Waals surface area (Å²) in [7, 11) is -1.80. The van der Waals surface area contributed by atoms with E-state index >= 15 is 0 Å². The fraction of sp³-hybridized carbons (Fsp3) is 0.742. The summed E-state index contributed by atoms with van der Waals surface area (Å²) >= 11 is 0. The third-order valence-corrected chi connectivity index (χ3v) is 8.22. The highest BCUT2D eigenvalue weighted by atomic mass is 32.2. The average Bonchev–Trinajstić information content (AvgIpc) is 3.23. The third kappa shape index (κ3) is 16.7. The van der Waals surface area contributed by atoms with Crippen molar-refractivity contribution in [3.8, 4) is 0 Å². The number of aliphatic hydroxyl groups is 1. The van der Waals surface area contributed by atoms with E-state index in [4.69, 9.17) is 4.55 Å². The zero-order valence-electron chi connectivity index (χ0n) is 24.5. The second kappa shape index (κ2) is 21.6. The van der Waals surface area contributed by atoms with Crippen LogP contribution in [-0.4, -0.2) is 67.3 Å². The molecule has 1 aromatic carbocycles. The first-order valence-corrected chi connectivity index (χ1v) is 16.5. The smallest absolute Gasteiger partial charge is 0.294 e. The standard InChI is InChI=1S/C24H48N2O.C7H8O3S/c1-3-4-5-6-7-8-9-10-11-12-13-14-15-16-17-18-19-24-25(2)20-21-26(24)22-23-27;1-6-2-4-7(5-3-6)11(8,9)10/h10-11,24,27H,3-9,12-23H2,1-2H3;2-5H,1H3,(H,8,9,10). The van der Waals surface area contributed by atoms with E-state index in [0.717, 1.165) is 25.2 Å². The molecule has 1 aromatic rings. The van der Waals surface area contributed by atoms with Crippen molar-refractivity contribution < 1.29 is 18.1 Å². The number of hydrogen-bond acceptors (Lipinski definition) is 5. The van der Waals surface area contributed by atoms with Crippen molar-refractivity contribution in [2.75, 3.05) is 33.3 Å². The highest BCUT2D eigenvalue weighted by molar-refractivity contribution is 7.85. The SMILES string of the molecule is CCCCCCCCC=CCCCCCCCCC1N(C)CCN1CCO.Cc1ccc(S(=O)(=O)O)cc1. The molecule has 0 aromatic heterocycles. The molecule has 0 radical (unpaired) electrons. The minimum atomic E-state index is -4.02. The number of aliphatic hydroxyl groups excluding tert-OH is 1. The summed E-state index contributed by atoms with van der Waals surface area (Å²) in [6, 6.07) is 5.99. The highest BCUT2D eigenvalue weighted by Crippen LogP contribution is 2.19. The number of aryl methyl sites for hydroxylation is 1. The molecule has 1 aliphatic heterocycles. The Bertz CT molecular complexity index is 825. The molecule has 38 heavy (non-hydrogen) atoms. The van der Waals surface area contributed by atoms with E-state index in [2.05, 4.69) is 35.9 Å². The number of allylic oxidation sites excluding steroid dienone is 2. The summed E-state index contributed by atoms with van der Waals surface area (Å²) in [5.74, 6) is 0. The van der Waals surface area contributed by atoms with Crippen LogP contribution in [0.15, 0.2) is 41.3 Å². The lowest BCUT2D eigenvalue weighted by atomic mass is 10.1. The van der Waals surface area contributed by atoms with E-state index in [-0.39, 0.29) is 11.5 Å². The number of benzene rings is 1. The normalized spacial score (nSPS) is 16.7. The van der Waals surface area contributed by atoms with Crippen LogP contribution in [0, 0.1) is 6.92 Å². The monoisotopic (exact) mass is 552 g/mol. The van der Waals surface area contributed by atoms with E-state index in [0.29, 0.717) is 6.17 Å². The summed E-state index contributed by atoms with van der Waals surface area (Å²) in [6.45, 7) is 7.52. The summed E-state index contributed by atoms with van der Waals surface area (Å²) in [5, 5.41) is 9.18. The Morgan fingerprint density at radius 3 is 1.89 bits per heavy atom. The largest absolute Gasteiger partial charge is 0.395 e. The molecule has 0 spiro atoms. The molecule has 0 aliphatic carbocycles. The summed E-state index contributed by atoms with van der Waals surface area (Å²) in [5.41, 5.74) is 0.956. The lowest BCUT2D eigenvalue weighted by molar-refractivity contribution is 0.120. The maximum atomic E-state index is 10.5. The van der Waals surface area contributed by atoms with Crippen molar-refractivity contribution in [3.63, 3.8) is 0 Å². The molecule has 1 fully saturated rings. The number of β-amino-alcohol motifs (C(OH)–C–C–N with tert-alkyl or cyclic N) is 1. The van der Waals surface area contributed by atoms with E-state index in [1.54, 1.807) is 12.1 Å². The first-order chi connectivity index (χ1) is 18.3. The minimum Gasteiger partial charge on any atom is -0.395 e. The van der Waals surface area contributed by atoms with E-state index < -0.39 is 10.1 Å². The first-order valence-electron chi connectivity index (χ1n) is 15.0. The molecule has 220 valence electrons. The van der Waals surface area contributed by atoms with Crippen LogP contribution >= 0.6 is 0 Å². The van der Waals surface area contributed by atoms with Crippen LogP contribution in [0.5, 0.6) is 0 Å². The van der Waals surface area contributed by atoms with Crippen LogP contribution in [0.25, 0.3) is 0 Å². The molecule has 6 nitrogen and oxygen atoms in total. The van der Waals surface area contributed by atoms with Gasteiger partial charge in [0.15, 0.2) is 0 Å². The van der Waals surface area contributed by atoms with Gasteiger partial charge in [0.1, 0.15) is 0 Å². The van der Waals surface area contributed by atoms with Gasteiger partial charge >= 0.3 is 0 Å². The van der Waals surface area contributed by atoms with Crippen molar-refractivity contribution in [2.24, 2.45) is 0 Å². The molecule has 1 atom stereocenters. The van der Waals surface area contributed by atoms with Gasteiger partial charge < -0.3 is 5.11 Å². The molecule has 0 saturated carbocycles. The molecular formula is C31H56N2O4S. The number of unbranched alkanes of at least 4 members (excludes halogenated alkanes) is 12. The van der Waals surface area contributed by atoms with Gasteiger partial charge in [-0.1, -0.05) is 101 Å². The quantitative estimate of drug-likeness (QED) is 0.107. The Labute approximate surface area is 234 Å². The van der Waals surface area contributed by atoms with Crippen LogP contribution in [-0.2, 0) is 10.1 Å². The van der Waals surface area contributed by atoms with E-state index in [9.17, 15) is 13.5 Å². The summed E-state index contributed by atoms with van der Waals surface area (Å²) < 4.78 is 29.6. The van der Waals surface area contributed by atoms with Gasteiger partial charge in [0, 0.05) is 19.6 Å². The van der Waals surface area contributed by atoms with Crippen LogP contribution in [0.4, 0.5) is 0 Å². The van der Waals surface area contributed by atoms with Crippen molar-refractivity contribution >= 4 is 10.1 Å². The molecule has 0 bridgehead atoms. The number of likely N-dealkylation sites (N-methyl/N-ethyl adjacent to an activating group) is 1. The number of hydrogen-bond donors (Lipinski definition) is 2. The van der Waals surface area contributed by atoms with Gasteiger partial charge in [0.2, 0.25) is 0 Å². The lowest BCUT2D eigenvalue weighted by Gasteiger charge is -2.27. The molecular weight excluding hydrogens is 496 g/mol. The van der Waals surface area contributed by atoms with Crippen LogP contribution < -0.4 is 0 Å². The van der Waals surface area contributed by atoms with Gasteiger partial charge in [0.05, 0.1) is 17.7 Å². The fourth-order valence-electron chi connectivity index (χ4n) is 4.94. The summed E-state index contributed by atoms with van der Waals surface area (Å²) in [4.78, 5) is 4.83. The Hall–Kier alpha value is -1.25. The third-order valence-electron chi connectivity index (χ3n) is 7.35. The van der Waals surface area contributed by atoms with Gasteiger partial charge in [-0.05, 0) is 58.2 Å². The van der Waals surface area contributed by atoms with Crippen LogP contribution in [0.3, 0.4) is 0 Å². The Kier molecular flexibility index (Phi) is 19.7. The predicted molar refractivity (Wildman–Crippen MR) is 160 cm³/mol. The molecule has 1 unspecified atom stereocenters. The molecule has 1 aliphatic rings. The Balaban J connectivity index is 0.000000544. The molecule has 2 rings (SSSR count). The molecule has 1 heterocycles. The molecule has 7 heteroatoms. The zero-order valence-corrected chi connectivity index (χ0v) is 25.3. The van der Waals surface area contributed by atoms with Gasteiger partial charge in [-0.25, -0.2) is 0 Å². The maximum absolute atomic E-state index is 10.5. The Morgan fingerprint density at radius 1 is 0.842 bits per heavy atom. The van der Waals surface area contributed by atoms with Crippen molar-refractivity contribution in [1.82, 2.24) is 9.80 Å². The second-order valence-electron chi connectivity index (χ2n) is 10.7. The second-order valence-corrected chi connectivity index (χ2v) is 12.2. The summed E-state index contributed by atoms with van der Waals surface area (Å²) in [6.07, 6.45) is 25.9. The first kappa shape index (κ1) is 34.8. The number of rotatable bonds is 19. The van der Waals surface area contributed by atoms with Crippen LogP contribution in [0.1, 0.15) is 109 Å². The van der Waals surface area contributed by atoms with E-state index in [1.165, 1.54) is 108 Å². The topological polar surface area (TPSA) is 81.1 Å². The van der Waals surface area contributed by atoms with Crippen molar-refractivity contribution in [3.05, 3.63) is 42.0 Å². The number of nitrogens with zero attached hydrogens (tertiary/aromatic N) is 2. The average molecular weight is 553 g/mol. The van der Waals surface area contributed by atoms with Gasteiger partial charge in [0.25, 0.3) is 10.1 Å².